The van der Waals surface area contributed by atoms with Gasteiger partial charge in [-0.3, -0.25) is 0 Å². The van der Waals surface area contributed by atoms with Crippen LogP contribution in [0, 0.1) is 5.92 Å². The van der Waals surface area contributed by atoms with E-state index in [1.807, 2.05) is 25.7 Å². The fourth-order valence-electron chi connectivity index (χ4n) is 2.10. The van der Waals surface area contributed by atoms with Crippen LogP contribution in [-0.2, 0) is 4.74 Å². The van der Waals surface area contributed by atoms with Crippen LogP contribution in [-0.4, -0.2) is 35.0 Å². The molecule has 0 aromatic heterocycles. The Kier molecular flexibility index (Phi) is 5.77. The Hall–Kier alpha value is -0.250. The highest BCUT2D eigenvalue weighted by atomic mass is 79.9. The summed E-state index contributed by atoms with van der Waals surface area (Å²) in [4.78, 5) is 13.7. The second kappa shape index (κ2) is 6.62. The fraction of sp³-hybridized carbons (Fsp3) is 0.923. The van der Waals surface area contributed by atoms with Gasteiger partial charge in [0.2, 0.25) is 0 Å². The molecule has 0 aliphatic carbocycles. The maximum atomic E-state index is 11.8. The van der Waals surface area contributed by atoms with E-state index in [9.17, 15) is 4.79 Å². The van der Waals surface area contributed by atoms with Gasteiger partial charge in [0.1, 0.15) is 5.60 Å². The normalized spacial score (nSPS) is 18.2. The molecule has 0 aromatic rings. The molecule has 100 valence electrons. The van der Waals surface area contributed by atoms with E-state index in [-0.39, 0.29) is 11.7 Å². The summed E-state index contributed by atoms with van der Waals surface area (Å²) in [5.41, 5.74) is -0.385. The number of rotatable bonds is 3. The van der Waals surface area contributed by atoms with Gasteiger partial charge in [0.15, 0.2) is 0 Å². The van der Waals surface area contributed by atoms with Crippen molar-refractivity contribution in [1.29, 1.82) is 0 Å². The summed E-state index contributed by atoms with van der Waals surface area (Å²) in [6, 6.07) is 0. The molecule has 0 spiro atoms. The molecule has 0 bridgehead atoms. The van der Waals surface area contributed by atoms with E-state index in [2.05, 4.69) is 15.9 Å². The van der Waals surface area contributed by atoms with E-state index in [1.165, 1.54) is 12.8 Å². The lowest BCUT2D eigenvalue weighted by molar-refractivity contribution is 0.0181. The Bertz CT molecular complexity index is 242. The number of carbonyl (C=O) groups excluding carboxylic acids is 1. The zero-order chi connectivity index (χ0) is 12.9. The molecule has 0 atom stereocenters. The Morgan fingerprint density at radius 3 is 2.41 bits per heavy atom. The zero-order valence-electron chi connectivity index (χ0n) is 11.2. The van der Waals surface area contributed by atoms with E-state index < -0.39 is 0 Å². The van der Waals surface area contributed by atoms with Gasteiger partial charge in [0, 0.05) is 18.4 Å². The largest absolute Gasteiger partial charge is 0.444 e. The van der Waals surface area contributed by atoms with Crippen molar-refractivity contribution in [2.45, 2.75) is 52.1 Å². The van der Waals surface area contributed by atoms with Gasteiger partial charge in [-0.2, -0.15) is 0 Å². The van der Waals surface area contributed by atoms with Crippen molar-refractivity contribution in [3.63, 3.8) is 0 Å². The molecule has 1 aliphatic heterocycles. The highest BCUT2D eigenvalue weighted by molar-refractivity contribution is 9.09. The van der Waals surface area contributed by atoms with Crippen LogP contribution >= 0.6 is 15.9 Å². The third kappa shape index (κ3) is 5.75. The van der Waals surface area contributed by atoms with Crippen LogP contribution in [0.4, 0.5) is 4.79 Å². The molecule has 1 fully saturated rings. The molecule has 1 saturated heterocycles. The number of carbonyl (C=O) groups is 1. The Labute approximate surface area is 113 Å². The minimum Gasteiger partial charge on any atom is -0.444 e. The number of amides is 1. The number of piperidine rings is 1. The molecule has 0 aromatic carbocycles. The van der Waals surface area contributed by atoms with E-state index in [0.29, 0.717) is 0 Å². The lowest BCUT2D eigenvalue weighted by Gasteiger charge is -2.33. The number of ether oxygens (including phenoxy) is 1. The zero-order valence-corrected chi connectivity index (χ0v) is 12.8. The molecule has 0 radical (unpaired) electrons. The van der Waals surface area contributed by atoms with Crippen LogP contribution in [0.2, 0.25) is 0 Å². The van der Waals surface area contributed by atoms with Crippen molar-refractivity contribution in [3.05, 3.63) is 0 Å². The van der Waals surface area contributed by atoms with Gasteiger partial charge in [-0.15, -0.1) is 0 Å². The number of alkyl halides is 1. The molecule has 1 aliphatic rings. The van der Waals surface area contributed by atoms with Crippen LogP contribution < -0.4 is 0 Å². The molecule has 4 heteroatoms. The minimum atomic E-state index is -0.385. The van der Waals surface area contributed by atoms with Gasteiger partial charge in [0.25, 0.3) is 0 Å². The maximum Gasteiger partial charge on any atom is 0.410 e. The van der Waals surface area contributed by atoms with Crippen LogP contribution in [0.5, 0.6) is 0 Å². The van der Waals surface area contributed by atoms with Crippen molar-refractivity contribution < 1.29 is 9.53 Å². The molecule has 1 amide bonds. The quantitative estimate of drug-likeness (QED) is 0.742. The third-order valence-corrected chi connectivity index (χ3v) is 3.57. The van der Waals surface area contributed by atoms with Crippen molar-refractivity contribution >= 4 is 22.0 Å². The molecule has 17 heavy (non-hydrogen) atoms. The first kappa shape index (κ1) is 14.8. The third-order valence-electron chi connectivity index (χ3n) is 3.01. The lowest BCUT2D eigenvalue weighted by atomic mass is 9.93. The van der Waals surface area contributed by atoms with E-state index >= 15 is 0 Å². The Morgan fingerprint density at radius 2 is 1.94 bits per heavy atom. The molecular formula is C13H24BrNO2. The number of likely N-dealkylation sites (tertiary alicyclic amines) is 1. The first-order valence-corrected chi connectivity index (χ1v) is 7.58. The monoisotopic (exact) mass is 305 g/mol. The van der Waals surface area contributed by atoms with Gasteiger partial charge in [0.05, 0.1) is 0 Å². The van der Waals surface area contributed by atoms with Crippen LogP contribution in [0.3, 0.4) is 0 Å². The number of hydrogen-bond donors (Lipinski definition) is 0. The molecule has 1 heterocycles. The van der Waals surface area contributed by atoms with Gasteiger partial charge in [-0.05, 0) is 52.4 Å². The minimum absolute atomic E-state index is 0.156. The van der Waals surface area contributed by atoms with Gasteiger partial charge in [-0.25, -0.2) is 4.79 Å². The first-order valence-electron chi connectivity index (χ1n) is 6.46. The van der Waals surface area contributed by atoms with Crippen molar-refractivity contribution in [2.24, 2.45) is 5.92 Å². The van der Waals surface area contributed by atoms with Gasteiger partial charge in [-0.1, -0.05) is 15.9 Å². The Balaban J connectivity index is 2.29. The highest BCUT2D eigenvalue weighted by Gasteiger charge is 2.26. The number of hydrogen-bond acceptors (Lipinski definition) is 2. The topological polar surface area (TPSA) is 29.5 Å². The number of nitrogens with zero attached hydrogens (tertiary/aromatic N) is 1. The standard InChI is InChI=1S/C13H24BrNO2/c1-13(2,3)17-12(16)15-9-6-11(7-10-15)5-4-8-14/h11H,4-10H2,1-3H3. The van der Waals surface area contributed by atoms with E-state index in [1.54, 1.807) is 0 Å². The average molecular weight is 306 g/mol. The summed E-state index contributed by atoms with van der Waals surface area (Å²) in [7, 11) is 0. The predicted molar refractivity (Wildman–Crippen MR) is 73.6 cm³/mol. The molecular weight excluding hydrogens is 282 g/mol. The molecule has 0 unspecified atom stereocenters. The lowest BCUT2D eigenvalue weighted by Crippen LogP contribution is -2.41. The summed E-state index contributed by atoms with van der Waals surface area (Å²) in [5, 5.41) is 1.08. The summed E-state index contributed by atoms with van der Waals surface area (Å²) in [6.07, 6.45) is 4.58. The highest BCUT2D eigenvalue weighted by Crippen LogP contribution is 2.23. The second-order valence-corrected chi connectivity index (χ2v) is 6.53. The summed E-state index contributed by atoms with van der Waals surface area (Å²) in [5.74, 6) is 0.784. The summed E-state index contributed by atoms with van der Waals surface area (Å²) in [6.45, 7) is 7.43. The van der Waals surface area contributed by atoms with Crippen molar-refractivity contribution in [2.75, 3.05) is 18.4 Å². The van der Waals surface area contributed by atoms with Crippen molar-refractivity contribution in [1.82, 2.24) is 4.90 Å². The van der Waals surface area contributed by atoms with Gasteiger partial charge >= 0.3 is 6.09 Å². The maximum absolute atomic E-state index is 11.8. The number of halogens is 1. The van der Waals surface area contributed by atoms with Crippen molar-refractivity contribution in [3.8, 4) is 0 Å². The predicted octanol–water partition coefficient (Wildman–Crippen LogP) is 3.81. The van der Waals surface area contributed by atoms with E-state index in [0.717, 1.165) is 37.2 Å². The van der Waals surface area contributed by atoms with Crippen LogP contribution in [0.25, 0.3) is 0 Å². The molecule has 3 nitrogen and oxygen atoms in total. The smallest absolute Gasteiger partial charge is 0.410 e. The van der Waals surface area contributed by atoms with Crippen LogP contribution in [0.1, 0.15) is 46.5 Å². The molecule has 1 rings (SSSR count). The first-order chi connectivity index (χ1) is 7.92. The Morgan fingerprint density at radius 1 is 1.35 bits per heavy atom. The molecule has 0 N–H and O–H groups in total. The van der Waals surface area contributed by atoms with Crippen LogP contribution in [0.15, 0.2) is 0 Å². The fourth-order valence-corrected chi connectivity index (χ4v) is 2.42. The van der Waals surface area contributed by atoms with Gasteiger partial charge < -0.3 is 9.64 Å². The van der Waals surface area contributed by atoms with E-state index in [4.69, 9.17) is 4.74 Å². The average Bonchev–Trinajstić information content (AvgIpc) is 2.24. The summed E-state index contributed by atoms with van der Waals surface area (Å²) >= 11 is 3.46. The molecule has 0 saturated carbocycles. The summed E-state index contributed by atoms with van der Waals surface area (Å²) < 4.78 is 5.37. The second-order valence-electron chi connectivity index (χ2n) is 5.74. The SMILES string of the molecule is CC(C)(C)OC(=O)N1CCC(CCCBr)CC1.